The molecule has 0 aromatic carbocycles. The molecule has 2 N–H and O–H groups in total. The normalized spacial score (nSPS) is 24.2. The first-order valence-electron chi connectivity index (χ1n) is 6.42. The first kappa shape index (κ1) is 14.9. The van der Waals surface area contributed by atoms with Gasteiger partial charge in [-0.25, -0.2) is 0 Å². The lowest BCUT2D eigenvalue weighted by Gasteiger charge is -2.34. The standard InChI is InChI=1S/C12H27N3O2/c1-4-15-5-6-17-12(9-15)8-14(2)7-11(13)10-16-3/h11-12H,4-10,13H2,1-3H3. The molecular formula is C12H27N3O2. The van der Waals surface area contributed by atoms with E-state index in [9.17, 15) is 0 Å². The Hall–Kier alpha value is -0.200. The van der Waals surface area contributed by atoms with Crippen molar-refractivity contribution < 1.29 is 9.47 Å². The Morgan fingerprint density at radius 1 is 1.59 bits per heavy atom. The molecule has 1 aliphatic heterocycles. The molecule has 1 saturated heterocycles. The average Bonchev–Trinajstić information content (AvgIpc) is 2.29. The van der Waals surface area contributed by atoms with Gasteiger partial charge in [0.05, 0.1) is 19.3 Å². The Bertz CT molecular complexity index is 204. The van der Waals surface area contributed by atoms with E-state index in [1.165, 1.54) is 0 Å². The summed E-state index contributed by atoms with van der Waals surface area (Å²) in [5.74, 6) is 0. The molecule has 0 saturated carbocycles. The summed E-state index contributed by atoms with van der Waals surface area (Å²) in [7, 11) is 3.77. The molecule has 2 unspecified atom stereocenters. The molecule has 0 aromatic heterocycles. The number of methoxy groups -OCH3 is 1. The molecule has 2 atom stereocenters. The molecule has 17 heavy (non-hydrogen) atoms. The lowest BCUT2D eigenvalue weighted by Crippen LogP contribution is -2.48. The van der Waals surface area contributed by atoms with E-state index in [-0.39, 0.29) is 6.04 Å². The van der Waals surface area contributed by atoms with E-state index in [2.05, 4.69) is 23.8 Å². The third kappa shape index (κ3) is 5.79. The Labute approximate surface area is 105 Å². The molecule has 0 radical (unpaired) electrons. The molecule has 1 rings (SSSR count). The van der Waals surface area contributed by atoms with Gasteiger partial charge in [0.15, 0.2) is 0 Å². The SMILES string of the molecule is CCN1CCOC(CN(C)CC(N)COC)C1. The minimum Gasteiger partial charge on any atom is -0.383 e. The number of ether oxygens (including phenoxy) is 2. The second-order valence-electron chi connectivity index (χ2n) is 4.82. The zero-order valence-electron chi connectivity index (χ0n) is 11.4. The fourth-order valence-electron chi connectivity index (χ4n) is 2.27. The summed E-state index contributed by atoms with van der Waals surface area (Å²) in [6.07, 6.45) is 0.309. The maximum Gasteiger partial charge on any atom is 0.0829 e. The van der Waals surface area contributed by atoms with Crippen molar-refractivity contribution in [3.63, 3.8) is 0 Å². The predicted octanol–water partition coefficient (Wildman–Crippen LogP) is -0.387. The van der Waals surface area contributed by atoms with Gasteiger partial charge >= 0.3 is 0 Å². The molecular weight excluding hydrogens is 218 g/mol. The topological polar surface area (TPSA) is 51.0 Å². The molecule has 0 amide bonds. The van der Waals surface area contributed by atoms with E-state index in [1.54, 1.807) is 7.11 Å². The van der Waals surface area contributed by atoms with Crippen LogP contribution in [-0.4, -0.2) is 82.0 Å². The van der Waals surface area contributed by atoms with Crippen LogP contribution in [0, 0.1) is 0 Å². The monoisotopic (exact) mass is 245 g/mol. The minimum atomic E-state index is 0.0795. The van der Waals surface area contributed by atoms with E-state index in [0.717, 1.165) is 39.3 Å². The highest BCUT2D eigenvalue weighted by molar-refractivity contribution is 4.75. The van der Waals surface area contributed by atoms with E-state index in [1.807, 2.05) is 0 Å². The van der Waals surface area contributed by atoms with Gasteiger partial charge in [0.25, 0.3) is 0 Å². The van der Waals surface area contributed by atoms with Crippen molar-refractivity contribution in [3.8, 4) is 0 Å². The summed E-state index contributed by atoms with van der Waals surface area (Å²) in [5, 5.41) is 0. The number of hydrogen-bond donors (Lipinski definition) is 1. The molecule has 5 nitrogen and oxygen atoms in total. The third-order valence-corrected chi connectivity index (χ3v) is 3.11. The highest BCUT2D eigenvalue weighted by Gasteiger charge is 2.21. The highest BCUT2D eigenvalue weighted by atomic mass is 16.5. The summed E-state index contributed by atoms with van der Waals surface area (Å²) in [6.45, 7) is 8.62. The number of hydrogen-bond acceptors (Lipinski definition) is 5. The van der Waals surface area contributed by atoms with Crippen LogP contribution in [0.3, 0.4) is 0 Å². The van der Waals surface area contributed by atoms with E-state index in [4.69, 9.17) is 15.2 Å². The molecule has 0 spiro atoms. The van der Waals surface area contributed by atoms with E-state index >= 15 is 0 Å². The van der Waals surface area contributed by atoms with Crippen molar-refractivity contribution >= 4 is 0 Å². The summed E-state index contributed by atoms with van der Waals surface area (Å²) in [6, 6.07) is 0.0795. The zero-order valence-corrected chi connectivity index (χ0v) is 11.4. The molecule has 5 heteroatoms. The van der Waals surface area contributed by atoms with Crippen molar-refractivity contribution in [2.75, 3.05) is 60.1 Å². The van der Waals surface area contributed by atoms with Crippen LogP contribution in [0.25, 0.3) is 0 Å². The maximum absolute atomic E-state index is 5.93. The van der Waals surface area contributed by atoms with E-state index < -0.39 is 0 Å². The van der Waals surface area contributed by atoms with Gasteiger partial charge in [-0.15, -0.1) is 0 Å². The lowest BCUT2D eigenvalue weighted by atomic mass is 10.2. The molecule has 1 heterocycles. The summed E-state index contributed by atoms with van der Waals surface area (Å²) < 4.78 is 10.8. The lowest BCUT2D eigenvalue weighted by molar-refractivity contribution is -0.0398. The Balaban J connectivity index is 2.22. The molecule has 1 fully saturated rings. The Morgan fingerprint density at radius 2 is 2.35 bits per heavy atom. The van der Waals surface area contributed by atoms with Crippen LogP contribution >= 0.6 is 0 Å². The van der Waals surface area contributed by atoms with Crippen LogP contribution in [0.4, 0.5) is 0 Å². The van der Waals surface area contributed by atoms with Gasteiger partial charge in [0.1, 0.15) is 0 Å². The largest absolute Gasteiger partial charge is 0.383 e. The second-order valence-corrected chi connectivity index (χ2v) is 4.82. The van der Waals surface area contributed by atoms with E-state index in [0.29, 0.717) is 12.7 Å². The Morgan fingerprint density at radius 3 is 3.00 bits per heavy atom. The zero-order chi connectivity index (χ0) is 12.7. The minimum absolute atomic E-state index is 0.0795. The fraction of sp³-hybridized carbons (Fsp3) is 1.00. The second kappa shape index (κ2) is 8.00. The number of rotatable bonds is 7. The number of nitrogens with zero attached hydrogens (tertiary/aromatic N) is 2. The van der Waals surface area contributed by atoms with Crippen LogP contribution in [0.2, 0.25) is 0 Å². The van der Waals surface area contributed by atoms with Gasteiger partial charge in [0, 0.05) is 39.3 Å². The van der Waals surface area contributed by atoms with Crippen molar-refractivity contribution in [3.05, 3.63) is 0 Å². The van der Waals surface area contributed by atoms with Crippen molar-refractivity contribution in [2.24, 2.45) is 5.73 Å². The third-order valence-electron chi connectivity index (χ3n) is 3.11. The molecule has 0 aromatic rings. The molecule has 0 aliphatic carbocycles. The molecule has 102 valence electrons. The van der Waals surface area contributed by atoms with Crippen LogP contribution in [0.5, 0.6) is 0 Å². The van der Waals surface area contributed by atoms with Crippen molar-refractivity contribution in [1.29, 1.82) is 0 Å². The Kier molecular flexibility index (Phi) is 6.99. The van der Waals surface area contributed by atoms with Gasteiger partial charge in [-0.3, -0.25) is 4.90 Å². The van der Waals surface area contributed by atoms with Crippen LogP contribution in [0.15, 0.2) is 0 Å². The van der Waals surface area contributed by atoms with Crippen molar-refractivity contribution in [2.45, 2.75) is 19.1 Å². The predicted molar refractivity (Wildman–Crippen MR) is 69.2 cm³/mol. The summed E-state index contributed by atoms with van der Waals surface area (Å²) >= 11 is 0. The average molecular weight is 245 g/mol. The molecule has 0 bridgehead atoms. The van der Waals surface area contributed by atoms with Crippen LogP contribution in [0.1, 0.15) is 6.92 Å². The number of likely N-dealkylation sites (N-methyl/N-ethyl adjacent to an activating group) is 2. The van der Waals surface area contributed by atoms with Crippen molar-refractivity contribution in [1.82, 2.24) is 9.80 Å². The van der Waals surface area contributed by atoms with Gasteiger partial charge in [-0.05, 0) is 13.6 Å². The fourth-order valence-corrected chi connectivity index (χ4v) is 2.27. The van der Waals surface area contributed by atoms with Gasteiger partial charge in [0.2, 0.25) is 0 Å². The van der Waals surface area contributed by atoms with Gasteiger partial charge in [-0.2, -0.15) is 0 Å². The smallest absolute Gasteiger partial charge is 0.0829 e. The van der Waals surface area contributed by atoms with Gasteiger partial charge in [-0.1, -0.05) is 6.92 Å². The molecule has 1 aliphatic rings. The number of morpholine rings is 1. The quantitative estimate of drug-likeness (QED) is 0.662. The summed E-state index contributed by atoms with van der Waals surface area (Å²) in [5.41, 5.74) is 5.93. The first-order chi connectivity index (χ1) is 8.15. The first-order valence-corrected chi connectivity index (χ1v) is 6.42. The van der Waals surface area contributed by atoms with Crippen LogP contribution in [-0.2, 0) is 9.47 Å². The van der Waals surface area contributed by atoms with Crippen LogP contribution < -0.4 is 5.73 Å². The van der Waals surface area contributed by atoms with Gasteiger partial charge < -0.3 is 20.1 Å². The maximum atomic E-state index is 5.93. The highest BCUT2D eigenvalue weighted by Crippen LogP contribution is 2.06. The number of nitrogens with two attached hydrogens (primary N) is 1. The summed E-state index contributed by atoms with van der Waals surface area (Å²) in [4.78, 5) is 4.66.